The van der Waals surface area contributed by atoms with Crippen molar-refractivity contribution in [2.24, 2.45) is 0 Å². The Kier molecular flexibility index (Phi) is 10.8. The molecule has 3 heterocycles. The molecule has 0 unspecified atom stereocenters. The summed E-state index contributed by atoms with van der Waals surface area (Å²) in [7, 11) is 0. The Labute approximate surface area is 286 Å². The minimum absolute atomic E-state index is 0.0504. The molecule has 0 bridgehead atoms. The molecule has 266 valence electrons. The molecule has 1 saturated heterocycles. The lowest BCUT2D eigenvalue weighted by molar-refractivity contribution is -0.143. The van der Waals surface area contributed by atoms with Gasteiger partial charge in [0, 0.05) is 18.7 Å². The molecule has 2 aromatic heterocycles. The molecular formula is C36H37F5N4O5. The molecule has 4 aromatic rings. The molecule has 2 aromatic carbocycles. The van der Waals surface area contributed by atoms with Crippen LogP contribution in [0, 0.1) is 0 Å². The summed E-state index contributed by atoms with van der Waals surface area (Å²) < 4.78 is 87.5. The molecule has 9 nitrogen and oxygen atoms in total. The molecule has 14 heteroatoms. The highest BCUT2D eigenvalue weighted by Crippen LogP contribution is 2.39. The average molecular weight is 701 g/mol. The van der Waals surface area contributed by atoms with Gasteiger partial charge in [-0.3, -0.25) is 0 Å². The number of ether oxygens (including phenoxy) is 3. The van der Waals surface area contributed by atoms with E-state index in [1.54, 1.807) is 4.90 Å². The van der Waals surface area contributed by atoms with E-state index in [-0.39, 0.29) is 48.0 Å². The van der Waals surface area contributed by atoms with E-state index in [2.05, 4.69) is 10.1 Å². The van der Waals surface area contributed by atoms with Crippen LogP contribution in [0.1, 0.15) is 85.6 Å². The number of likely N-dealkylation sites (tertiary alicyclic amines) is 1. The maximum atomic E-state index is 14.2. The maximum Gasteiger partial charge on any atom is 0.434 e. The molecule has 5 rings (SSSR count). The van der Waals surface area contributed by atoms with Crippen molar-refractivity contribution >= 4 is 12.1 Å². The number of nitrogens with zero attached hydrogens (tertiary/aromatic N) is 4. The third kappa shape index (κ3) is 8.40. The van der Waals surface area contributed by atoms with E-state index in [0.717, 1.165) is 24.6 Å². The third-order valence-electron chi connectivity index (χ3n) is 8.02. The van der Waals surface area contributed by atoms with E-state index in [9.17, 15) is 31.5 Å². The van der Waals surface area contributed by atoms with E-state index >= 15 is 0 Å². The zero-order chi connectivity index (χ0) is 36.2. The van der Waals surface area contributed by atoms with Crippen LogP contribution in [-0.2, 0) is 22.3 Å². The Balaban J connectivity index is 1.35. The van der Waals surface area contributed by atoms with Crippen molar-refractivity contribution < 1.29 is 45.8 Å². The van der Waals surface area contributed by atoms with Gasteiger partial charge in [0.05, 0.1) is 24.1 Å². The minimum Gasteiger partial charge on any atom is -0.488 e. The first-order chi connectivity index (χ1) is 23.7. The van der Waals surface area contributed by atoms with Crippen LogP contribution in [0.4, 0.5) is 26.7 Å². The van der Waals surface area contributed by atoms with Crippen LogP contribution in [-0.4, -0.2) is 57.0 Å². The van der Waals surface area contributed by atoms with Gasteiger partial charge < -0.3 is 19.1 Å². The standard InChI is InChI=1S/C36H37F5N4O5/c1-5-48-33(46)27-20-42-45(31(27)36(39,40)41)29-11-7-10-28(43-29)25-8-6-9-26(32(37)38)30(25)49-21-22-12-14-23(15-13-22)24-16-18-44(19-17-24)34(47)50-35(2,3)4/h6-15,20,24,32H,5,16-19,21H2,1-4H3. The van der Waals surface area contributed by atoms with Crippen molar-refractivity contribution in [2.75, 3.05) is 19.7 Å². The normalized spacial score (nSPS) is 14.2. The van der Waals surface area contributed by atoms with Gasteiger partial charge in [0.2, 0.25) is 0 Å². The van der Waals surface area contributed by atoms with E-state index in [1.807, 2.05) is 45.0 Å². The van der Waals surface area contributed by atoms with Gasteiger partial charge in [0.25, 0.3) is 6.43 Å². The lowest BCUT2D eigenvalue weighted by atomic mass is 9.89. The van der Waals surface area contributed by atoms with Crippen LogP contribution in [0.2, 0.25) is 0 Å². The Hall–Kier alpha value is -5.01. The van der Waals surface area contributed by atoms with E-state index in [1.165, 1.54) is 43.3 Å². The van der Waals surface area contributed by atoms with Gasteiger partial charge in [-0.1, -0.05) is 36.4 Å². The van der Waals surface area contributed by atoms with E-state index < -0.39 is 41.0 Å². The fraction of sp³-hybridized carbons (Fsp3) is 0.389. The maximum absolute atomic E-state index is 14.2. The lowest BCUT2D eigenvalue weighted by Gasteiger charge is -2.33. The number of aromatic nitrogens is 3. The minimum atomic E-state index is -4.99. The van der Waals surface area contributed by atoms with Crippen molar-refractivity contribution in [3.63, 3.8) is 0 Å². The average Bonchev–Trinajstić information content (AvgIpc) is 3.54. The van der Waals surface area contributed by atoms with Gasteiger partial charge in [0.15, 0.2) is 11.5 Å². The molecule has 0 atom stereocenters. The molecule has 0 spiro atoms. The number of carbonyl (C=O) groups is 2. The van der Waals surface area contributed by atoms with Crippen LogP contribution < -0.4 is 4.74 Å². The summed E-state index contributed by atoms with van der Waals surface area (Å²) >= 11 is 0. The van der Waals surface area contributed by atoms with E-state index in [0.29, 0.717) is 23.3 Å². The third-order valence-corrected chi connectivity index (χ3v) is 8.02. The Morgan fingerprint density at radius 3 is 2.26 bits per heavy atom. The fourth-order valence-corrected chi connectivity index (χ4v) is 5.70. The van der Waals surface area contributed by atoms with Gasteiger partial charge in [-0.2, -0.15) is 18.3 Å². The number of esters is 1. The predicted molar refractivity (Wildman–Crippen MR) is 173 cm³/mol. The number of hydrogen-bond donors (Lipinski definition) is 0. The van der Waals surface area contributed by atoms with Crippen LogP contribution in [0.25, 0.3) is 17.1 Å². The van der Waals surface area contributed by atoms with Gasteiger partial charge in [-0.25, -0.2) is 28.0 Å². The summed E-state index contributed by atoms with van der Waals surface area (Å²) in [5.41, 5.74) is -1.18. The van der Waals surface area contributed by atoms with Gasteiger partial charge in [-0.05, 0) is 81.8 Å². The molecule has 0 aliphatic carbocycles. The SMILES string of the molecule is CCOC(=O)c1cnn(-c2cccc(-c3cccc(C(F)F)c3OCc3ccc(C4CCN(C(=O)OC(C)(C)C)CC4)cc3)n2)c1C(F)(F)F. The molecule has 0 saturated carbocycles. The number of halogens is 5. The summed E-state index contributed by atoms with van der Waals surface area (Å²) in [6.07, 6.45) is -5.97. The first-order valence-corrected chi connectivity index (χ1v) is 16.1. The Morgan fingerprint density at radius 2 is 1.64 bits per heavy atom. The first-order valence-electron chi connectivity index (χ1n) is 16.1. The second-order valence-electron chi connectivity index (χ2n) is 12.7. The van der Waals surface area contributed by atoms with Crippen LogP contribution in [0.3, 0.4) is 0 Å². The predicted octanol–water partition coefficient (Wildman–Crippen LogP) is 8.76. The second-order valence-corrected chi connectivity index (χ2v) is 12.7. The number of piperidine rings is 1. The summed E-state index contributed by atoms with van der Waals surface area (Å²) in [6, 6.07) is 15.8. The second kappa shape index (κ2) is 14.9. The molecule has 1 aliphatic heterocycles. The molecule has 50 heavy (non-hydrogen) atoms. The summed E-state index contributed by atoms with van der Waals surface area (Å²) in [5, 5.41) is 3.76. The molecule has 0 radical (unpaired) electrons. The molecular weight excluding hydrogens is 663 g/mol. The van der Waals surface area contributed by atoms with Crippen molar-refractivity contribution in [2.45, 2.75) is 71.3 Å². The fourth-order valence-electron chi connectivity index (χ4n) is 5.70. The van der Waals surface area contributed by atoms with Crippen molar-refractivity contribution in [3.05, 3.63) is 94.8 Å². The molecule has 0 N–H and O–H groups in total. The van der Waals surface area contributed by atoms with Crippen molar-refractivity contribution in [3.8, 4) is 22.8 Å². The van der Waals surface area contributed by atoms with Gasteiger partial charge >= 0.3 is 18.2 Å². The number of amides is 1. The van der Waals surface area contributed by atoms with Crippen LogP contribution in [0.15, 0.2) is 66.9 Å². The number of carbonyl (C=O) groups excluding carboxylic acids is 2. The number of pyridine rings is 1. The molecule has 1 fully saturated rings. The Bertz CT molecular complexity index is 1810. The topological polar surface area (TPSA) is 95.8 Å². The lowest BCUT2D eigenvalue weighted by Crippen LogP contribution is -2.41. The highest BCUT2D eigenvalue weighted by atomic mass is 19.4. The monoisotopic (exact) mass is 700 g/mol. The largest absolute Gasteiger partial charge is 0.488 e. The highest BCUT2D eigenvalue weighted by molar-refractivity contribution is 5.90. The number of para-hydroxylation sites is 1. The van der Waals surface area contributed by atoms with E-state index in [4.69, 9.17) is 14.2 Å². The first kappa shape index (κ1) is 36.3. The molecule has 1 aliphatic rings. The number of rotatable bonds is 9. The van der Waals surface area contributed by atoms with Crippen molar-refractivity contribution in [1.29, 1.82) is 0 Å². The summed E-state index contributed by atoms with van der Waals surface area (Å²) in [5.74, 6) is -1.44. The number of hydrogen-bond acceptors (Lipinski definition) is 7. The summed E-state index contributed by atoms with van der Waals surface area (Å²) in [6.45, 7) is 7.86. The molecule has 1 amide bonds. The zero-order valence-electron chi connectivity index (χ0n) is 28.0. The van der Waals surface area contributed by atoms with Crippen LogP contribution in [0.5, 0.6) is 5.75 Å². The zero-order valence-corrected chi connectivity index (χ0v) is 28.0. The number of alkyl halides is 5. The Morgan fingerprint density at radius 1 is 0.960 bits per heavy atom. The smallest absolute Gasteiger partial charge is 0.434 e. The van der Waals surface area contributed by atoms with Gasteiger partial charge in [-0.15, -0.1) is 0 Å². The van der Waals surface area contributed by atoms with Crippen LogP contribution >= 0.6 is 0 Å². The van der Waals surface area contributed by atoms with Crippen molar-refractivity contribution in [1.82, 2.24) is 19.7 Å². The summed E-state index contributed by atoms with van der Waals surface area (Å²) in [4.78, 5) is 30.7. The highest BCUT2D eigenvalue weighted by Gasteiger charge is 2.41. The quantitative estimate of drug-likeness (QED) is 0.127. The number of benzene rings is 2. The van der Waals surface area contributed by atoms with Gasteiger partial charge in [0.1, 0.15) is 23.5 Å².